The molecular formula is C15H18N2O4. The molecule has 0 aliphatic carbocycles. The molecule has 6 nitrogen and oxygen atoms in total. The quantitative estimate of drug-likeness (QED) is 0.812. The van der Waals surface area contributed by atoms with Gasteiger partial charge in [-0.05, 0) is 31.4 Å². The Labute approximate surface area is 122 Å². The molecule has 1 atom stereocenters. The third kappa shape index (κ3) is 3.66. The van der Waals surface area contributed by atoms with Crippen LogP contribution in [0.3, 0.4) is 0 Å². The van der Waals surface area contributed by atoms with Gasteiger partial charge in [0.1, 0.15) is 5.69 Å². The van der Waals surface area contributed by atoms with Crippen molar-refractivity contribution in [2.24, 2.45) is 0 Å². The lowest BCUT2D eigenvalue weighted by atomic mass is 10.0. The van der Waals surface area contributed by atoms with Gasteiger partial charge in [-0.15, -0.1) is 0 Å². The van der Waals surface area contributed by atoms with Crippen LogP contribution in [0.15, 0.2) is 24.4 Å². The number of aromatic nitrogens is 1. The third-order valence-corrected chi connectivity index (χ3v) is 3.55. The second kappa shape index (κ2) is 6.99. The third-order valence-electron chi connectivity index (χ3n) is 3.55. The number of nitrogens with zero attached hydrogens (tertiary/aromatic N) is 2. The van der Waals surface area contributed by atoms with Gasteiger partial charge in [0.15, 0.2) is 0 Å². The Morgan fingerprint density at radius 3 is 2.95 bits per heavy atom. The molecule has 1 saturated heterocycles. The molecule has 2 N–H and O–H groups in total. The molecule has 1 aromatic heterocycles. The number of piperidine rings is 1. The molecule has 1 fully saturated rings. The summed E-state index contributed by atoms with van der Waals surface area (Å²) in [5.41, 5.74) is 0.683. The Morgan fingerprint density at radius 2 is 2.24 bits per heavy atom. The lowest BCUT2D eigenvalue weighted by Gasteiger charge is -2.34. The summed E-state index contributed by atoms with van der Waals surface area (Å²) in [4.78, 5) is 28.9. The summed E-state index contributed by atoms with van der Waals surface area (Å²) in [5, 5.41) is 18.1. The van der Waals surface area contributed by atoms with Gasteiger partial charge < -0.3 is 15.1 Å². The zero-order valence-corrected chi connectivity index (χ0v) is 11.6. The highest BCUT2D eigenvalue weighted by Gasteiger charge is 2.28. The topological polar surface area (TPSA) is 90.7 Å². The summed E-state index contributed by atoms with van der Waals surface area (Å²) in [6.07, 6.45) is 6.50. The van der Waals surface area contributed by atoms with E-state index in [0.29, 0.717) is 12.1 Å². The first-order valence-corrected chi connectivity index (χ1v) is 6.91. The summed E-state index contributed by atoms with van der Waals surface area (Å²) in [7, 11) is 0. The van der Waals surface area contributed by atoms with E-state index in [4.69, 9.17) is 5.11 Å². The molecule has 1 unspecified atom stereocenters. The number of hydrogen-bond donors (Lipinski definition) is 2. The number of carboxylic acids is 1. The van der Waals surface area contributed by atoms with Crippen LogP contribution in [-0.4, -0.2) is 51.2 Å². The van der Waals surface area contributed by atoms with E-state index >= 15 is 0 Å². The fourth-order valence-corrected chi connectivity index (χ4v) is 2.49. The van der Waals surface area contributed by atoms with E-state index in [0.717, 1.165) is 25.3 Å². The number of amides is 1. The van der Waals surface area contributed by atoms with Crippen LogP contribution in [0.2, 0.25) is 0 Å². The Morgan fingerprint density at radius 1 is 1.43 bits per heavy atom. The van der Waals surface area contributed by atoms with E-state index in [-0.39, 0.29) is 24.2 Å². The van der Waals surface area contributed by atoms with Crippen molar-refractivity contribution in [1.82, 2.24) is 9.88 Å². The van der Waals surface area contributed by atoms with Crippen LogP contribution in [0.4, 0.5) is 0 Å². The minimum Gasteiger partial charge on any atom is -0.478 e. The van der Waals surface area contributed by atoms with Crippen LogP contribution in [0.25, 0.3) is 6.08 Å². The highest BCUT2D eigenvalue weighted by atomic mass is 16.4. The van der Waals surface area contributed by atoms with Crippen LogP contribution >= 0.6 is 0 Å². The van der Waals surface area contributed by atoms with Crippen LogP contribution in [0.5, 0.6) is 0 Å². The zero-order chi connectivity index (χ0) is 15.2. The first kappa shape index (κ1) is 15.2. The first-order valence-electron chi connectivity index (χ1n) is 6.91. The van der Waals surface area contributed by atoms with Gasteiger partial charge in [-0.2, -0.15) is 0 Å². The Balaban J connectivity index is 2.28. The van der Waals surface area contributed by atoms with Gasteiger partial charge in [-0.3, -0.25) is 9.78 Å². The molecule has 0 radical (unpaired) electrons. The molecule has 0 spiro atoms. The van der Waals surface area contributed by atoms with Crippen molar-refractivity contribution in [2.75, 3.05) is 13.2 Å². The minimum absolute atomic E-state index is 0.0706. The van der Waals surface area contributed by atoms with Crippen molar-refractivity contribution >= 4 is 18.0 Å². The predicted octanol–water partition coefficient (Wildman–Crippen LogP) is 1.17. The van der Waals surface area contributed by atoms with Crippen molar-refractivity contribution in [3.63, 3.8) is 0 Å². The van der Waals surface area contributed by atoms with Crippen LogP contribution in [0.1, 0.15) is 35.3 Å². The van der Waals surface area contributed by atoms with Crippen LogP contribution in [-0.2, 0) is 4.79 Å². The standard InChI is InChI=1S/C15H18N2O4/c18-10-12-5-1-2-9-17(12)15(21)14-11(4-3-8-16-14)6-7-13(19)20/h3-4,6-8,12,18H,1-2,5,9-10H2,(H,19,20)/b7-6+. The average Bonchev–Trinajstić information content (AvgIpc) is 2.52. The van der Waals surface area contributed by atoms with E-state index in [9.17, 15) is 14.7 Å². The summed E-state index contributed by atoms with van der Waals surface area (Å²) in [6.45, 7) is 0.515. The molecule has 0 saturated carbocycles. The SMILES string of the molecule is O=C(O)/C=C/c1cccnc1C(=O)N1CCCCC1CO. The zero-order valence-electron chi connectivity index (χ0n) is 11.6. The molecule has 1 aliphatic rings. The number of carboxylic acid groups (broad SMARTS) is 1. The molecule has 112 valence electrons. The molecule has 21 heavy (non-hydrogen) atoms. The second-order valence-corrected chi connectivity index (χ2v) is 4.94. The number of pyridine rings is 1. The Kier molecular flexibility index (Phi) is 5.05. The van der Waals surface area contributed by atoms with E-state index in [1.807, 2.05) is 0 Å². The van der Waals surface area contributed by atoms with Gasteiger partial charge in [0.25, 0.3) is 5.91 Å². The summed E-state index contributed by atoms with van der Waals surface area (Å²) >= 11 is 0. The fraction of sp³-hybridized carbons (Fsp3) is 0.400. The predicted molar refractivity (Wildman–Crippen MR) is 76.7 cm³/mol. The van der Waals surface area contributed by atoms with Gasteiger partial charge in [-0.25, -0.2) is 4.79 Å². The molecule has 6 heteroatoms. The van der Waals surface area contributed by atoms with Crippen molar-refractivity contribution in [3.8, 4) is 0 Å². The molecule has 1 aromatic rings. The van der Waals surface area contributed by atoms with Gasteiger partial charge >= 0.3 is 5.97 Å². The van der Waals surface area contributed by atoms with E-state index in [2.05, 4.69) is 4.98 Å². The molecule has 0 aromatic carbocycles. The first-order chi connectivity index (χ1) is 10.1. The number of rotatable bonds is 4. The number of likely N-dealkylation sites (tertiary alicyclic amines) is 1. The van der Waals surface area contributed by atoms with Crippen molar-refractivity contribution in [3.05, 3.63) is 35.7 Å². The smallest absolute Gasteiger partial charge is 0.328 e. The molecule has 0 bridgehead atoms. The highest BCUT2D eigenvalue weighted by molar-refractivity contribution is 5.97. The van der Waals surface area contributed by atoms with Crippen LogP contribution in [0, 0.1) is 0 Å². The van der Waals surface area contributed by atoms with Gasteiger partial charge in [0.05, 0.1) is 12.6 Å². The fourth-order valence-electron chi connectivity index (χ4n) is 2.49. The number of hydrogen-bond acceptors (Lipinski definition) is 4. The van der Waals surface area contributed by atoms with Crippen molar-refractivity contribution < 1.29 is 19.8 Å². The number of carbonyl (C=O) groups excluding carboxylic acids is 1. The summed E-state index contributed by atoms with van der Waals surface area (Å²) in [5.74, 6) is -1.34. The van der Waals surface area contributed by atoms with Crippen molar-refractivity contribution in [1.29, 1.82) is 0 Å². The average molecular weight is 290 g/mol. The van der Waals surface area contributed by atoms with E-state index in [1.54, 1.807) is 17.0 Å². The summed E-state index contributed by atoms with van der Waals surface area (Å²) < 4.78 is 0. The lowest BCUT2D eigenvalue weighted by Crippen LogP contribution is -2.46. The molecule has 1 aliphatic heterocycles. The molecule has 2 heterocycles. The number of carbonyl (C=O) groups is 2. The number of aliphatic hydroxyl groups excluding tert-OH is 1. The maximum absolute atomic E-state index is 12.6. The summed E-state index contributed by atoms with van der Waals surface area (Å²) in [6, 6.07) is 3.11. The maximum Gasteiger partial charge on any atom is 0.328 e. The molecule has 2 rings (SSSR count). The number of aliphatic carboxylic acids is 1. The van der Waals surface area contributed by atoms with Gasteiger partial charge in [-0.1, -0.05) is 6.07 Å². The molecule has 1 amide bonds. The number of aliphatic hydroxyl groups is 1. The Bertz CT molecular complexity index is 556. The molecular weight excluding hydrogens is 272 g/mol. The van der Waals surface area contributed by atoms with Crippen LogP contribution < -0.4 is 0 Å². The van der Waals surface area contributed by atoms with Gasteiger partial charge in [0.2, 0.25) is 0 Å². The monoisotopic (exact) mass is 290 g/mol. The van der Waals surface area contributed by atoms with E-state index < -0.39 is 5.97 Å². The maximum atomic E-state index is 12.6. The largest absolute Gasteiger partial charge is 0.478 e. The highest BCUT2D eigenvalue weighted by Crippen LogP contribution is 2.20. The lowest BCUT2D eigenvalue weighted by molar-refractivity contribution is -0.131. The second-order valence-electron chi connectivity index (χ2n) is 4.94. The van der Waals surface area contributed by atoms with E-state index in [1.165, 1.54) is 12.3 Å². The van der Waals surface area contributed by atoms with Gasteiger partial charge in [0, 0.05) is 24.4 Å². The normalized spacial score (nSPS) is 18.9. The Hall–Kier alpha value is -2.21. The minimum atomic E-state index is -1.08. The van der Waals surface area contributed by atoms with Crippen molar-refractivity contribution in [2.45, 2.75) is 25.3 Å².